The van der Waals surface area contributed by atoms with Crippen molar-refractivity contribution in [3.05, 3.63) is 11.6 Å². The van der Waals surface area contributed by atoms with Crippen LogP contribution in [0.25, 0.3) is 0 Å². The van der Waals surface area contributed by atoms with Crippen LogP contribution in [0.4, 0.5) is 0 Å². The average molecular weight is 402 g/mol. The van der Waals surface area contributed by atoms with E-state index < -0.39 is 0 Å². The number of unbranched alkanes of at least 4 members (excludes halogenated alkanes) is 15. The molecule has 0 radical (unpaired) electrons. The van der Waals surface area contributed by atoms with Crippen molar-refractivity contribution in [2.75, 3.05) is 0 Å². The maximum atomic E-state index is 3.75. The largest absolute Gasteiger partial charge is 0.0845 e. The molecule has 0 aliphatic carbocycles. The van der Waals surface area contributed by atoms with Crippen LogP contribution >= 0.6 is 15.9 Å². The summed E-state index contributed by atoms with van der Waals surface area (Å²) in [5.74, 6) is 0. The normalized spacial score (nSPS) is 12.3. The monoisotopic (exact) mass is 400 g/mol. The van der Waals surface area contributed by atoms with Crippen LogP contribution < -0.4 is 0 Å². The third-order valence-electron chi connectivity index (χ3n) is 4.85. The Morgan fingerprint density at radius 3 is 1.29 bits per heavy atom. The smallest absolute Gasteiger partial charge is 0.0327 e. The van der Waals surface area contributed by atoms with E-state index in [4.69, 9.17) is 0 Å². The molecule has 1 heteroatoms. The zero-order valence-corrected chi connectivity index (χ0v) is 18.6. The summed E-state index contributed by atoms with van der Waals surface area (Å²) >= 11 is 3.75. The highest BCUT2D eigenvalue weighted by molar-refractivity contribution is 9.09. The zero-order chi connectivity index (χ0) is 17.9. The second-order valence-electron chi connectivity index (χ2n) is 7.85. The van der Waals surface area contributed by atoms with E-state index in [2.05, 4.69) is 42.8 Å². The van der Waals surface area contributed by atoms with E-state index in [0.29, 0.717) is 4.83 Å². The van der Waals surface area contributed by atoms with Crippen LogP contribution in [0.3, 0.4) is 0 Å². The van der Waals surface area contributed by atoms with E-state index in [-0.39, 0.29) is 0 Å². The first-order chi connectivity index (χ1) is 11.7. The molecule has 0 aromatic rings. The predicted molar refractivity (Wildman–Crippen MR) is 116 cm³/mol. The molecule has 0 heterocycles. The summed E-state index contributed by atoms with van der Waals surface area (Å²) in [4.78, 5) is 0.592. The third-order valence-corrected chi connectivity index (χ3v) is 5.57. The molecule has 1 atom stereocenters. The van der Waals surface area contributed by atoms with E-state index in [0.717, 1.165) is 0 Å². The molecular weight excluding hydrogens is 356 g/mol. The third kappa shape index (κ3) is 20.3. The van der Waals surface area contributed by atoms with Gasteiger partial charge in [-0.05, 0) is 20.3 Å². The van der Waals surface area contributed by atoms with Gasteiger partial charge in [0.05, 0.1) is 0 Å². The Kier molecular flexibility index (Phi) is 19.7. The van der Waals surface area contributed by atoms with Gasteiger partial charge in [0.1, 0.15) is 0 Å². The Balaban J connectivity index is 3.09. The van der Waals surface area contributed by atoms with Gasteiger partial charge in [0.25, 0.3) is 0 Å². The first-order valence-corrected chi connectivity index (χ1v) is 11.9. The highest BCUT2D eigenvalue weighted by atomic mass is 79.9. The molecule has 1 unspecified atom stereocenters. The van der Waals surface area contributed by atoms with Gasteiger partial charge in [0.15, 0.2) is 0 Å². The highest BCUT2D eigenvalue weighted by Crippen LogP contribution is 2.17. The minimum absolute atomic E-state index is 0.592. The number of hydrogen-bond donors (Lipinski definition) is 0. The van der Waals surface area contributed by atoms with Gasteiger partial charge in [0, 0.05) is 4.83 Å². The van der Waals surface area contributed by atoms with Crippen LogP contribution in [-0.4, -0.2) is 4.83 Å². The van der Waals surface area contributed by atoms with Crippen LogP contribution in [0, 0.1) is 0 Å². The van der Waals surface area contributed by atoms with E-state index in [1.54, 1.807) is 0 Å². The second-order valence-corrected chi connectivity index (χ2v) is 9.03. The van der Waals surface area contributed by atoms with Crippen LogP contribution in [0.15, 0.2) is 11.6 Å². The lowest BCUT2D eigenvalue weighted by Crippen LogP contribution is -1.93. The molecular formula is C23H45Br. The van der Waals surface area contributed by atoms with Crippen molar-refractivity contribution in [2.24, 2.45) is 0 Å². The lowest BCUT2D eigenvalue weighted by atomic mass is 10.0. The fourth-order valence-corrected chi connectivity index (χ4v) is 4.18. The number of hydrogen-bond acceptors (Lipinski definition) is 0. The average Bonchev–Trinajstić information content (AvgIpc) is 2.53. The summed E-state index contributed by atoms with van der Waals surface area (Å²) in [5, 5.41) is 0. The standard InChI is InChI=1S/C23H45Br/c1-4-5-6-7-8-9-10-11-12-13-14-15-16-17-18-19-20-23(24)21-22(2)3/h21,23H,4-20H2,1-3H3. The summed E-state index contributed by atoms with van der Waals surface area (Å²) in [5.41, 5.74) is 1.42. The van der Waals surface area contributed by atoms with E-state index in [1.165, 1.54) is 115 Å². The minimum atomic E-state index is 0.592. The Morgan fingerprint density at radius 1 is 0.625 bits per heavy atom. The molecule has 0 bridgehead atoms. The van der Waals surface area contributed by atoms with Gasteiger partial charge in [-0.1, -0.05) is 137 Å². The molecule has 0 fully saturated rings. The van der Waals surface area contributed by atoms with E-state index in [9.17, 15) is 0 Å². The van der Waals surface area contributed by atoms with Crippen LogP contribution in [0.1, 0.15) is 130 Å². The van der Waals surface area contributed by atoms with Gasteiger partial charge in [-0.3, -0.25) is 0 Å². The molecule has 0 spiro atoms. The quantitative estimate of drug-likeness (QED) is 0.122. The van der Waals surface area contributed by atoms with Gasteiger partial charge in [0.2, 0.25) is 0 Å². The molecule has 0 saturated carbocycles. The van der Waals surface area contributed by atoms with Gasteiger partial charge in [-0.25, -0.2) is 0 Å². The zero-order valence-electron chi connectivity index (χ0n) is 17.1. The summed E-state index contributed by atoms with van der Waals surface area (Å²) in [6, 6.07) is 0. The predicted octanol–water partition coefficient (Wildman–Crippen LogP) is 9.37. The van der Waals surface area contributed by atoms with Crippen molar-refractivity contribution in [3.8, 4) is 0 Å². The van der Waals surface area contributed by atoms with Gasteiger partial charge < -0.3 is 0 Å². The van der Waals surface area contributed by atoms with Crippen molar-refractivity contribution in [1.82, 2.24) is 0 Å². The van der Waals surface area contributed by atoms with Crippen molar-refractivity contribution < 1.29 is 0 Å². The SMILES string of the molecule is CCCCCCCCCCCCCCCCCCC(Br)C=C(C)C. The molecule has 0 aliphatic heterocycles. The summed E-state index contributed by atoms with van der Waals surface area (Å²) in [6.07, 6.45) is 26.8. The first kappa shape index (κ1) is 24.2. The topological polar surface area (TPSA) is 0 Å². The summed E-state index contributed by atoms with van der Waals surface area (Å²) in [7, 11) is 0. The number of allylic oxidation sites excluding steroid dienone is 2. The molecule has 0 aromatic heterocycles. The molecule has 0 N–H and O–H groups in total. The molecule has 0 aliphatic rings. The van der Waals surface area contributed by atoms with Crippen LogP contribution in [0.2, 0.25) is 0 Å². The highest BCUT2D eigenvalue weighted by Gasteiger charge is 2.00. The Hall–Kier alpha value is 0.220. The lowest BCUT2D eigenvalue weighted by Gasteiger charge is -2.06. The van der Waals surface area contributed by atoms with Gasteiger partial charge in [-0.2, -0.15) is 0 Å². The van der Waals surface area contributed by atoms with Gasteiger partial charge in [-0.15, -0.1) is 0 Å². The minimum Gasteiger partial charge on any atom is -0.0845 e. The molecule has 0 aromatic carbocycles. The lowest BCUT2D eigenvalue weighted by molar-refractivity contribution is 0.528. The number of rotatable bonds is 18. The molecule has 0 amide bonds. The second kappa shape index (κ2) is 19.5. The van der Waals surface area contributed by atoms with Crippen molar-refractivity contribution >= 4 is 15.9 Å². The maximum Gasteiger partial charge on any atom is 0.0327 e. The Bertz CT molecular complexity index is 265. The van der Waals surface area contributed by atoms with Crippen LogP contribution in [0.5, 0.6) is 0 Å². The number of halogens is 1. The fourth-order valence-electron chi connectivity index (χ4n) is 3.33. The number of alkyl halides is 1. The van der Waals surface area contributed by atoms with E-state index >= 15 is 0 Å². The van der Waals surface area contributed by atoms with Gasteiger partial charge >= 0.3 is 0 Å². The van der Waals surface area contributed by atoms with E-state index in [1.807, 2.05) is 0 Å². The molecule has 0 rings (SSSR count). The Morgan fingerprint density at radius 2 is 0.958 bits per heavy atom. The van der Waals surface area contributed by atoms with Crippen molar-refractivity contribution in [1.29, 1.82) is 0 Å². The Labute approximate surface area is 162 Å². The molecule has 0 nitrogen and oxygen atoms in total. The van der Waals surface area contributed by atoms with Crippen molar-refractivity contribution in [2.45, 2.75) is 135 Å². The molecule has 24 heavy (non-hydrogen) atoms. The molecule has 0 saturated heterocycles. The fraction of sp³-hybridized carbons (Fsp3) is 0.913. The molecule has 144 valence electrons. The van der Waals surface area contributed by atoms with Crippen LogP contribution in [-0.2, 0) is 0 Å². The van der Waals surface area contributed by atoms with Crippen molar-refractivity contribution in [3.63, 3.8) is 0 Å². The first-order valence-electron chi connectivity index (χ1n) is 11.0. The summed E-state index contributed by atoms with van der Waals surface area (Å²) < 4.78 is 0. The summed E-state index contributed by atoms with van der Waals surface area (Å²) in [6.45, 7) is 6.66. The maximum absolute atomic E-state index is 3.75.